The summed E-state index contributed by atoms with van der Waals surface area (Å²) in [7, 11) is 2.10. The van der Waals surface area contributed by atoms with Crippen molar-refractivity contribution in [3.8, 4) is 0 Å². The number of hydrogen-bond donors (Lipinski definition) is 1. The van der Waals surface area contributed by atoms with Gasteiger partial charge in [0.05, 0.1) is 25.7 Å². The maximum absolute atomic E-state index is 13.5. The molecule has 9 nitrogen and oxygen atoms in total. The monoisotopic (exact) mass is 670 g/mol. The molecule has 3 saturated carbocycles. The number of aliphatic carboxylic acids is 1. The van der Waals surface area contributed by atoms with Crippen molar-refractivity contribution in [1.29, 1.82) is 0 Å². The van der Waals surface area contributed by atoms with Crippen molar-refractivity contribution >= 4 is 17.9 Å². The molecule has 11 atom stereocenters. The van der Waals surface area contributed by atoms with Gasteiger partial charge in [-0.15, -0.1) is 0 Å². The van der Waals surface area contributed by atoms with Gasteiger partial charge in [0.15, 0.2) is 0 Å². The van der Waals surface area contributed by atoms with Gasteiger partial charge in [-0.05, 0) is 85.5 Å². The number of piperazine rings is 1. The minimum Gasteiger partial charge on any atom is -0.481 e. The number of allylic oxidation sites excluding steroid dienone is 1. The van der Waals surface area contributed by atoms with Crippen molar-refractivity contribution in [2.24, 2.45) is 56.7 Å². The lowest BCUT2D eigenvalue weighted by Crippen LogP contribution is -2.70. The van der Waals surface area contributed by atoms with Crippen LogP contribution in [0.2, 0.25) is 0 Å². The highest BCUT2D eigenvalue weighted by atomic mass is 16.6. The van der Waals surface area contributed by atoms with Crippen LogP contribution in [0.5, 0.6) is 0 Å². The Morgan fingerprint density at radius 2 is 1.67 bits per heavy atom. The standard InChI is InChI=1S/C39H62N2O7/c1-24(2)25(3)35(5)14-15-37(7)27-10-11-30-36(6)22-46-23-39(30,28(27)12-13-38(37,8)32(35)34(44)45)20-29(47-26(4)42)33(36)48-31(43)21-41-18-16-40(9)17-19-41/h12,24-25,27,29-30,32-33H,10-11,13-23H2,1-9H3,(H,44,45)/t25-,27+,29-,30+,32-,33+,35-,36+,37-,38+,39+/m1/s1. The number of rotatable bonds is 7. The molecule has 0 spiro atoms. The third-order valence-corrected chi connectivity index (χ3v) is 15.6. The second-order valence-corrected chi connectivity index (χ2v) is 18.2. The van der Waals surface area contributed by atoms with Crippen molar-refractivity contribution in [2.45, 2.75) is 106 Å². The summed E-state index contributed by atoms with van der Waals surface area (Å²) in [6, 6.07) is 0. The van der Waals surface area contributed by atoms with Crippen molar-refractivity contribution in [3.63, 3.8) is 0 Å². The third kappa shape index (κ3) is 5.30. The van der Waals surface area contributed by atoms with Crippen LogP contribution < -0.4 is 0 Å². The number of ether oxygens (including phenoxy) is 3. The number of fused-ring (bicyclic) bond motifs is 3. The van der Waals surface area contributed by atoms with Crippen LogP contribution in [-0.4, -0.2) is 98.0 Å². The molecule has 0 amide bonds. The van der Waals surface area contributed by atoms with Gasteiger partial charge in [-0.3, -0.25) is 19.3 Å². The third-order valence-electron chi connectivity index (χ3n) is 15.6. The van der Waals surface area contributed by atoms with E-state index in [0.29, 0.717) is 32.0 Å². The number of likely N-dealkylation sites (N-methyl/N-ethyl adjacent to an activating group) is 1. The van der Waals surface area contributed by atoms with E-state index in [9.17, 15) is 19.5 Å². The maximum Gasteiger partial charge on any atom is 0.320 e. The first-order chi connectivity index (χ1) is 22.4. The summed E-state index contributed by atoms with van der Waals surface area (Å²) in [6.45, 7) is 21.9. The Kier molecular flexibility index (Phi) is 9.23. The fraction of sp³-hybridized carbons (Fsp3) is 0.872. The van der Waals surface area contributed by atoms with Crippen LogP contribution in [0.15, 0.2) is 11.6 Å². The molecule has 2 aliphatic heterocycles. The summed E-state index contributed by atoms with van der Waals surface area (Å²) in [5.41, 5.74) is -0.402. The average molecular weight is 671 g/mol. The van der Waals surface area contributed by atoms with Gasteiger partial charge in [0.2, 0.25) is 0 Å². The molecule has 9 heteroatoms. The zero-order chi connectivity index (χ0) is 35.0. The van der Waals surface area contributed by atoms with Crippen LogP contribution in [0.4, 0.5) is 0 Å². The molecule has 4 aliphatic carbocycles. The fourth-order valence-corrected chi connectivity index (χ4v) is 12.5. The molecular weight excluding hydrogens is 608 g/mol. The fourth-order valence-electron chi connectivity index (χ4n) is 12.5. The summed E-state index contributed by atoms with van der Waals surface area (Å²) in [5, 5.41) is 11.0. The van der Waals surface area contributed by atoms with E-state index >= 15 is 0 Å². The molecule has 1 N–H and O–H groups in total. The van der Waals surface area contributed by atoms with Crippen LogP contribution in [0.1, 0.15) is 93.9 Å². The van der Waals surface area contributed by atoms with Crippen molar-refractivity contribution in [1.82, 2.24) is 9.80 Å². The van der Waals surface area contributed by atoms with E-state index in [-0.39, 0.29) is 52.5 Å². The quantitative estimate of drug-likeness (QED) is 0.271. The number of carbonyl (C=O) groups is 3. The van der Waals surface area contributed by atoms with E-state index in [1.807, 2.05) is 0 Å². The highest BCUT2D eigenvalue weighted by molar-refractivity contribution is 5.73. The Balaban J connectivity index is 1.35. The molecule has 0 aromatic heterocycles. The van der Waals surface area contributed by atoms with Gasteiger partial charge >= 0.3 is 17.9 Å². The molecule has 2 heterocycles. The molecule has 0 aromatic rings. The number of nitrogens with zero attached hydrogens (tertiary/aromatic N) is 2. The van der Waals surface area contributed by atoms with E-state index in [0.717, 1.165) is 51.9 Å². The van der Waals surface area contributed by atoms with E-state index < -0.39 is 34.9 Å². The normalized spacial score (nSPS) is 45.2. The highest BCUT2D eigenvalue weighted by Crippen LogP contribution is 2.75. The van der Waals surface area contributed by atoms with Crippen LogP contribution in [-0.2, 0) is 28.6 Å². The summed E-state index contributed by atoms with van der Waals surface area (Å²) in [6.07, 6.45) is 6.31. The Morgan fingerprint density at radius 3 is 2.29 bits per heavy atom. The number of hydrogen-bond acceptors (Lipinski definition) is 8. The Bertz CT molecular complexity index is 1320. The Labute approximate surface area is 288 Å². The molecule has 0 radical (unpaired) electrons. The van der Waals surface area contributed by atoms with E-state index in [1.54, 1.807) is 0 Å². The zero-order valence-corrected chi connectivity index (χ0v) is 31.1. The first-order valence-electron chi connectivity index (χ1n) is 18.7. The van der Waals surface area contributed by atoms with Crippen LogP contribution in [0, 0.1) is 56.7 Å². The summed E-state index contributed by atoms with van der Waals surface area (Å²) in [4.78, 5) is 43.9. The SMILES string of the molecule is CC(=O)O[C@@H]1C[C@@]23COC[C@@](C)([C@@H]2CC[C@H]2C3=CC[C@@]3(C)[C@H](C(=O)O)[C@@](C)([C@H](C)C(C)C)CC[C@]23C)[C@H]1OC(=O)CN1CCN(C)CC1. The summed E-state index contributed by atoms with van der Waals surface area (Å²) in [5.74, 6) is -0.648. The van der Waals surface area contributed by atoms with Crippen molar-refractivity contribution in [2.75, 3.05) is 53.0 Å². The van der Waals surface area contributed by atoms with E-state index in [2.05, 4.69) is 71.4 Å². The Morgan fingerprint density at radius 1 is 0.979 bits per heavy atom. The number of carboxylic acids is 1. The molecule has 5 fully saturated rings. The molecule has 6 rings (SSSR count). The molecule has 6 aliphatic rings. The topological polar surface area (TPSA) is 106 Å². The smallest absolute Gasteiger partial charge is 0.320 e. The molecule has 270 valence electrons. The lowest BCUT2D eigenvalue weighted by molar-refractivity contribution is -0.263. The van der Waals surface area contributed by atoms with Gasteiger partial charge in [-0.2, -0.15) is 0 Å². The van der Waals surface area contributed by atoms with Gasteiger partial charge in [0.1, 0.15) is 12.2 Å². The summed E-state index contributed by atoms with van der Waals surface area (Å²) >= 11 is 0. The maximum atomic E-state index is 13.5. The Hall–Kier alpha value is -1.97. The van der Waals surface area contributed by atoms with Gasteiger partial charge in [0, 0.05) is 43.9 Å². The predicted octanol–water partition coefficient (Wildman–Crippen LogP) is 5.67. The molecule has 2 saturated heterocycles. The predicted molar refractivity (Wildman–Crippen MR) is 183 cm³/mol. The minimum atomic E-state index is -0.662. The molecular formula is C39H62N2O7. The second-order valence-electron chi connectivity index (χ2n) is 18.2. The van der Waals surface area contributed by atoms with E-state index in [1.165, 1.54) is 12.5 Å². The molecule has 0 aromatic carbocycles. The molecule has 48 heavy (non-hydrogen) atoms. The summed E-state index contributed by atoms with van der Waals surface area (Å²) < 4.78 is 19.0. The lowest BCUT2D eigenvalue weighted by Gasteiger charge is -2.71. The average Bonchev–Trinajstić information content (AvgIpc) is 3.00. The second kappa shape index (κ2) is 12.4. The van der Waals surface area contributed by atoms with Gasteiger partial charge in [-0.1, -0.05) is 60.1 Å². The van der Waals surface area contributed by atoms with Crippen molar-refractivity contribution in [3.05, 3.63) is 11.6 Å². The van der Waals surface area contributed by atoms with Crippen LogP contribution >= 0.6 is 0 Å². The first-order valence-corrected chi connectivity index (χ1v) is 18.7. The minimum absolute atomic E-state index is 0.201. The van der Waals surface area contributed by atoms with E-state index in [4.69, 9.17) is 14.2 Å². The molecule has 0 unspecified atom stereocenters. The largest absolute Gasteiger partial charge is 0.481 e. The van der Waals surface area contributed by atoms with Crippen molar-refractivity contribution < 1.29 is 33.7 Å². The molecule has 2 bridgehead atoms. The number of carbonyl (C=O) groups excluding carboxylic acids is 2. The first kappa shape index (κ1) is 35.8. The van der Waals surface area contributed by atoms with Gasteiger partial charge in [0.25, 0.3) is 0 Å². The lowest BCUT2D eigenvalue weighted by atomic mass is 9.34. The van der Waals surface area contributed by atoms with Crippen LogP contribution in [0.25, 0.3) is 0 Å². The van der Waals surface area contributed by atoms with Gasteiger partial charge in [-0.25, -0.2) is 0 Å². The van der Waals surface area contributed by atoms with Gasteiger partial charge < -0.3 is 24.2 Å². The zero-order valence-electron chi connectivity index (χ0n) is 31.1. The number of carboxylic acid groups (broad SMARTS) is 1. The highest BCUT2D eigenvalue weighted by Gasteiger charge is 2.72. The van der Waals surface area contributed by atoms with Crippen LogP contribution in [0.3, 0.4) is 0 Å². The number of esters is 2.